The third kappa shape index (κ3) is 2.74. The Balaban J connectivity index is 1.61. The summed E-state index contributed by atoms with van der Waals surface area (Å²) in [6.07, 6.45) is 7.29. The average molecular weight is 278 g/mol. The van der Waals surface area contributed by atoms with Gasteiger partial charge < -0.3 is 10.6 Å². The Hall–Kier alpha value is -0.570. The van der Waals surface area contributed by atoms with E-state index in [1.54, 1.807) is 0 Å². The molecule has 2 bridgehead atoms. The summed E-state index contributed by atoms with van der Waals surface area (Å²) in [6.45, 7) is 6.94. The van der Waals surface area contributed by atoms with Crippen LogP contribution < -0.4 is 10.6 Å². The summed E-state index contributed by atoms with van der Waals surface area (Å²) < 4.78 is 0. The van der Waals surface area contributed by atoms with Gasteiger partial charge in [0.25, 0.3) is 0 Å². The van der Waals surface area contributed by atoms with Crippen molar-refractivity contribution >= 4 is 5.91 Å². The quantitative estimate of drug-likeness (QED) is 0.833. The van der Waals surface area contributed by atoms with Crippen molar-refractivity contribution in [2.75, 3.05) is 0 Å². The molecule has 3 aliphatic rings. The molecule has 3 fully saturated rings. The van der Waals surface area contributed by atoms with E-state index in [1.807, 2.05) is 0 Å². The molecule has 3 heteroatoms. The van der Waals surface area contributed by atoms with E-state index in [2.05, 4.69) is 31.4 Å². The molecule has 3 nitrogen and oxygen atoms in total. The molecule has 1 aliphatic carbocycles. The van der Waals surface area contributed by atoms with Crippen molar-refractivity contribution in [3.05, 3.63) is 0 Å². The predicted octanol–water partition coefficient (Wildman–Crippen LogP) is 2.70. The van der Waals surface area contributed by atoms with Crippen LogP contribution in [0.4, 0.5) is 0 Å². The SMILES string of the molecule is CC1CCC(C(C)C)C(NC(=O)C2CC3CCC2N3)C1. The van der Waals surface area contributed by atoms with Crippen LogP contribution in [0.15, 0.2) is 0 Å². The topological polar surface area (TPSA) is 41.1 Å². The van der Waals surface area contributed by atoms with Crippen LogP contribution in [0, 0.1) is 23.7 Å². The molecule has 114 valence electrons. The first kappa shape index (κ1) is 14.4. The summed E-state index contributed by atoms with van der Waals surface area (Å²) in [7, 11) is 0. The number of fused-ring (bicyclic) bond motifs is 2. The fourth-order valence-corrected chi connectivity index (χ4v) is 4.77. The molecule has 0 spiro atoms. The van der Waals surface area contributed by atoms with Gasteiger partial charge in [0, 0.05) is 18.1 Å². The smallest absolute Gasteiger partial charge is 0.224 e. The second-order valence-corrected chi connectivity index (χ2v) is 7.83. The second-order valence-electron chi connectivity index (χ2n) is 7.83. The molecular weight excluding hydrogens is 248 g/mol. The number of hydrogen-bond acceptors (Lipinski definition) is 2. The molecule has 0 radical (unpaired) electrons. The molecule has 0 aromatic carbocycles. The largest absolute Gasteiger partial charge is 0.353 e. The highest BCUT2D eigenvalue weighted by Gasteiger charge is 2.43. The van der Waals surface area contributed by atoms with E-state index in [-0.39, 0.29) is 5.92 Å². The van der Waals surface area contributed by atoms with E-state index < -0.39 is 0 Å². The lowest BCUT2D eigenvalue weighted by atomic mass is 9.73. The van der Waals surface area contributed by atoms with Crippen molar-refractivity contribution in [2.45, 2.75) is 77.4 Å². The number of carbonyl (C=O) groups is 1. The Labute approximate surface area is 123 Å². The molecule has 3 rings (SSSR count). The summed E-state index contributed by atoms with van der Waals surface area (Å²) in [5.74, 6) is 2.66. The molecule has 1 saturated carbocycles. The standard InChI is InChI=1S/C17H30N2O/c1-10(2)13-6-4-11(3)8-16(13)19-17(20)14-9-12-5-7-15(14)18-12/h10-16,18H,4-9H2,1-3H3,(H,19,20). The van der Waals surface area contributed by atoms with Crippen LogP contribution in [-0.2, 0) is 4.79 Å². The fraction of sp³-hybridized carbons (Fsp3) is 0.941. The highest BCUT2D eigenvalue weighted by molar-refractivity contribution is 5.80. The normalized spacial score (nSPS) is 44.0. The molecular formula is C17H30N2O. The van der Waals surface area contributed by atoms with Crippen LogP contribution in [-0.4, -0.2) is 24.0 Å². The van der Waals surface area contributed by atoms with Gasteiger partial charge in [0.15, 0.2) is 0 Å². The second kappa shape index (κ2) is 5.67. The number of amides is 1. The first-order valence-electron chi connectivity index (χ1n) is 8.61. The van der Waals surface area contributed by atoms with Crippen molar-refractivity contribution in [2.24, 2.45) is 23.7 Å². The highest BCUT2D eigenvalue weighted by Crippen LogP contribution is 2.36. The van der Waals surface area contributed by atoms with E-state index in [9.17, 15) is 4.79 Å². The third-order valence-electron chi connectivity index (χ3n) is 5.99. The van der Waals surface area contributed by atoms with E-state index in [0.29, 0.717) is 35.9 Å². The lowest BCUT2D eigenvalue weighted by Gasteiger charge is -2.38. The van der Waals surface area contributed by atoms with Gasteiger partial charge in [0.05, 0.1) is 5.92 Å². The molecule has 1 amide bonds. The number of rotatable bonds is 3. The average Bonchev–Trinajstić information content (AvgIpc) is 3.00. The maximum Gasteiger partial charge on any atom is 0.224 e. The molecule has 2 N–H and O–H groups in total. The Morgan fingerprint density at radius 2 is 1.95 bits per heavy atom. The highest BCUT2D eigenvalue weighted by atomic mass is 16.2. The van der Waals surface area contributed by atoms with Gasteiger partial charge in [-0.05, 0) is 49.9 Å². The Morgan fingerprint density at radius 3 is 2.55 bits per heavy atom. The molecule has 6 unspecified atom stereocenters. The van der Waals surface area contributed by atoms with Gasteiger partial charge in [-0.3, -0.25) is 4.79 Å². The van der Waals surface area contributed by atoms with Crippen molar-refractivity contribution < 1.29 is 4.79 Å². The molecule has 20 heavy (non-hydrogen) atoms. The first-order chi connectivity index (χ1) is 9.54. The van der Waals surface area contributed by atoms with Gasteiger partial charge in [-0.2, -0.15) is 0 Å². The van der Waals surface area contributed by atoms with Gasteiger partial charge in [-0.25, -0.2) is 0 Å². The van der Waals surface area contributed by atoms with Crippen molar-refractivity contribution in [3.63, 3.8) is 0 Å². The van der Waals surface area contributed by atoms with Gasteiger partial charge >= 0.3 is 0 Å². The van der Waals surface area contributed by atoms with Crippen LogP contribution in [0.1, 0.15) is 59.3 Å². The molecule has 2 heterocycles. The molecule has 0 aromatic rings. The van der Waals surface area contributed by atoms with Crippen LogP contribution in [0.25, 0.3) is 0 Å². The minimum atomic E-state index is 0.235. The summed E-state index contributed by atoms with van der Waals surface area (Å²) >= 11 is 0. The number of nitrogens with one attached hydrogen (secondary N) is 2. The van der Waals surface area contributed by atoms with Gasteiger partial charge in [0.2, 0.25) is 5.91 Å². The fourth-order valence-electron chi connectivity index (χ4n) is 4.77. The molecule has 2 saturated heterocycles. The predicted molar refractivity (Wildman–Crippen MR) is 81.3 cm³/mol. The van der Waals surface area contributed by atoms with Crippen LogP contribution in [0.3, 0.4) is 0 Å². The van der Waals surface area contributed by atoms with Crippen molar-refractivity contribution in [1.82, 2.24) is 10.6 Å². The number of carbonyl (C=O) groups excluding carboxylic acids is 1. The van der Waals surface area contributed by atoms with Gasteiger partial charge in [-0.15, -0.1) is 0 Å². The Morgan fingerprint density at radius 1 is 1.15 bits per heavy atom. The van der Waals surface area contributed by atoms with Crippen molar-refractivity contribution in [3.8, 4) is 0 Å². The zero-order valence-corrected chi connectivity index (χ0v) is 13.2. The maximum atomic E-state index is 12.6. The van der Waals surface area contributed by atoms with E-state index in [1.165, 1.54) is 32.1 Å². The monoisotopic (exact) mass is 278 g/mol. The van der Waals surface area contributed by atoms with E-state index in [4.69, 9.17) is 0 Å². The molecule has 2 aliphatic heterocycles. The van der Waals surface area contributed by atoms with Crippen molar-refractivity contribution in [1.29, 1.82) is 0 Å². The summed E-state index contributed by atoms with van der Waals surface area (Å²) in [5.41, 5.74) is 0. The minimum Gasteiger partial charge on any atom is -0.353 e. The van der Waals surface area contributed by atoms with Crippen LogP contribution in [0.2, 0.25) is 0 Å². The zero-order chi connectivity index (χ0) is 14.3. The van der Waals surface area contributed by atoms with E-state index in [0.717, 1.165) is 12.3 Å². The summed E-state index contributed by atoms with van der Waals surface area (Å²) in [5, 5.41) is 7.01. The lowest BCUT2D eigenvalue weighted by Crippen LogP contribution is -2.49. The Kier molecular flexibility index (Phi) is 4.07. The van der Waals surface area contributed by atoms with Gasteiger partial charge in [-0.1, -0.05) is 27.2 Å². The first-order valence-corrected chi connectivity index (χ1v) is 8.61. The summed E-state index contributed by atoms with van der Waals surface area (Å²) in [6, 6.07) is 1.48. The lowest BCUT2D eigenvalue weighted by molar-refractivity contribution is -0.127. The van der Waals surface area contributed by atoms with Crippen LogP contribution >= 0.6 is 0 Å². The summed E-state index contributed by atoms with van der Waals surface area (Å²) in [4.78, 5) is 12.6. The minimum absolute atomic E-state index is 0.235. The number of hydrogen-bond donors (Lipinski definition) is 2. The molecule has 6 atom stereocenters. The molecule has 0 aromatic heterocycles. The zero-order valence-electron chi connectivity index (χ0n) is 13.2. The van der Waals surface area contributed by atoms with Gasteiger partial charge in [0.1, 0.15) is 0 Å². The third-order valence-corrected chi connectivity index (χ3v) is 5.99. The van der Waals surface area contributed by atoms with E-state index >= 15 is 0 Å². The maximum absolute atomic E-state index is 12.6. The Bertz CT molecular complexity index is 368. The van der Waals surface area contributed by atoms with Crippen LogP contribution in [0.5, 0.6) is 0 Å².